The van der Waals surface area contributed by atoms with Gasteiger partial charge in [-0.15, -0.1) is 0 Å². The van der Waals surface area contributed by atoms with Gasteiger partial charge in [-0.3, -0.25) is 4.90 Å². The molecule has 94 valence electrons. The van der Waals surface area contributed by atoms with Crippen LogP contribution < -0.4 is 5.32 Å². The average Bonchev–Trinajstić information content (AvgIpc) is 2.64. The molecule has 2 heterocycles. The van der Waals surface area contributed by atoms with Crippen LogP contribution in [0.3, 0.4) is 0 Å². The van der Waals surface area contributed by atoms with Gasteiger partial charge in [-0.05, 0) is 38.8 Å². The van der Waals surface area contributed by atoms with E-state index in [0.717, 1.165) is 18.5 Å². The molecule has 3 atom stereocenters. The predicted molar refractivity (Wildman–Crippen MR) is 71.8 cm³/mol. The van der Waals surface area contributed by atoms with Gasteiger partial charge in [0.2, 0.25) is 0 Å². The summed E-state index contributed by atoms with van der Waals surface area (Å²) < 4.78 is 0. The molecule has 1 saturated carbocycles. The Bertz CT molecular complexity index is 369. The van der Waals surface area contributed by atoms with Gasteiger partial charge in [-0.25, -0.2) is 0 Å². The summed E-state index contributed by atoms with van der Waals surface area (Å²) in [6, 6.07) is 1.32. The van der Waals surface area contributed by atoms with Crippen molar-refractivity contribution in [3.63, 3.8) is 0 Å². The second kappa shape index (κ2) is 4.16. The molecular formula is C15H24N2. The first-order valence-electron chi connectivity index (χ1n) is 7.01. The molecule has 3 rings (SSSR count). The van der Waals surface area contributed by atoms with Gasteiger partial charge in [0.1, 0.15) is 0 Å². The van der Waals surface area contributed by atoms with Crippen LogP contribution in [0, 0.1) is 5.92 Å². The van der Waals surface area contributed by atoms with Crippen LogP contribution in [0.15, 0.2) is 23.4 Å². The summed E-state index contributed by atoms with van der Waals surface area (Å²) in [4.78, 5) is 2.45. The Kier molecular flexibility index (Phi) is 2.78. The molecule has 0 spiro atoms. The van der Waals surface area contributed by atoms with E-state index in [1.807, 2.05) is 0 Å². The summed E-state index contributed by atoms with van der Waals surface area (Å²) in [5.41, 5.74) is 4.60. The van der Waals surface area contributed by atoms with Gasteiger partial charge in [0.25, 0.3) is 0 Å². The predicted octanol–water partition coefficient (Wildman–Crippen LogP) is 2.68. The normalized spacial score (nSPS) is 37.4. The molecule has 0 radical (unpaired) electrons. The molecule has 0 saturated heterocycles. The Labute approximate surface area is 105 Å². The van der Waals surface area contributed by atoms with Crippen LogP contribution in [0.1, 0.15) is 39.0 Å². The SMILES string of the molecule is C=C(C)C1CC2=C(CN1C)NC1CCCCC21. The fourth-order valence-corrected chi connectivity index (χ4v) is 3.96. The van der Waals surface area contributed by atoms with Crippen LogP contribution in [-0.2, 0) is 0 Å². The van der Waals surface area contributed by atoms with Gasteiger partial charge in [0.15, 0.2) is 0 Å². The summed E-state index contributed by atoms with van der Waals surface area (Å²) in [6.45, 7) is 7.43. The van der Waals surface area contributed by atoms with Crippen LogP contribution in [0.5, 0.6) is 0 Å². The minimum Gasteiger partial charge on any atom is -0.384 e. The Morgan fingerprint density at radius 1 is 1.35 bits per heavy atom. The zero-order valence-electron chi connectivity index (χ0n) is 11.1. The lowest BCUT2D eigenvalue weighted by atomic mass is 9.78. The summed E-state index contributed by atoms with van der Waals surface area (Å²) >= 11 is 0. The maximum atomic E-state index is 4.16. The molecule has 3 unspecified atom stereocenters. The van der Waals surface area contributed by atoms with Crippen molar-refractivity contribution in [2.24, 2.45) is 5.92 Å². The molecule has 17 heavy (non-hydrogen) atoms. The largest absolute Gasteiger partial charge is 0.384 e. The zero-order chi connectivity index (χ0) is 12.0. The highest BCUT2D eigenvalue weighted by Gasteiger charge is 2.39. The highest BCUT2D eigenvalue weighted by molar-refractivity contribution is 5.32. The molecule has 2 heteroatoms. The van der Waals surface area contributed by atoms with E-state index in [-0.39, 0.29) is 0 Å². The fourth-order valence-electron chi connectivity index (χ4n) is 3.96. The lowest BCUT2D eigenvalue weighted by molar-refractivity contribution is 0.268. The van der Waals surface area contributed by atoms with Crippen LogP contribution in [0.2, 0.25) is 0 Å². The van der Waals surface area contributed by atoms with Gasteiger partial charge in [-0.2, -0.15) is 0 Å². The summed E-state index contributed by atoms with van der Waals surface area (Å²) in [5.74, 6) is 0.842. The Morgan fingerprint density at radius 2 is 2.12 bits per heavy atom. The van der Waals surface area contributed by atoms with Crippen LogP contribution in [-0.4, -0.2) is 30.6 Å². The van der Waals surface area contributed by atoms with Crippen molar-refractivity contribution < 1.29 is 0 Å². The first-order valence-corrected chi connectivity index (χ1v) is 7.01. The molecule has 1 aliphatic carbocycles. The van der Waals surface area contributed by atoms with Crippen molar-refractivity contribution in [3.05, 3.63) is 23.4 Å². The van der Waals surface area contributed by atoms with Crippen molar-refractivity contribution in [2.45, 2.75) is 51.1 Å². The molecule has 0 aromatic rings. The first kappa shape index (κ1) is 11.3. The number of nitrogens with zero attached hydrogens (tertiary/aromatic N) is 1. The fraction of sp³-hybridized carbons (Fsp3) is 0.733. The molecule has 1 N–H and O–H groups in total. The standard InChI is InChI=1S/C15H24N2/c1-10(2)15-8-12-11-6-4-5-7-13(11)16-14(12)9-17(15)3/h11,13,15-16H,1,4-9H2,2-3H3. The van der Waals surface area contributed by atoms with E-state index in [4.69, 9.17) is 0 Å². The van der Waals surface area contributed by atoms with E-state index >= 15 is 0 Å². The molecule has 0 aromatic heterocycles. The van der Waals surface area contributed by atoms with Crippen LogP contribution >= 0.6 is 0 Å². The van der Waals surface area contributed by atoms with Gasteiger partial charge in [-0.1, -0.05) is 25.0 Å². The molecule has 0 aromatic carbocycles. The first-order chi connectivity index (χ1) is 8.16. The molecule has 0 bridgehead atoms. The van der Waals surface area contributed by atoms with E-state index in [1.54, 1.807) is 11.3 Å². The van der Waals surface area contributed by atoms with Gasteiger partial charge in [0.05, 0.1) is 0 Å². The number of nitrogens with one attached hydrogen (secondary N) is 1. The molecule has 2 nitrogen and oxygen atoms in total. The third-order valence-electron chi connectivity index (χ3n) is 4.88. The highest BCUT2D eigenvalue weighted by Crippen LogP contribution is 2.41. The maximum Gasteiger partial charge on any atom is 0.0384 e. The molecule has 3 aliphatic rings. The Balaban J connectivity index is 1.84. The number of likely N-dealkylation sites (N-methyl/N-ethyl adjacent to an activating group) is 1. The minimum absolute atomic E-state index is 0.566. The third-order valence-corrected chi connectivity index (χ3v) is 4.88. The molecular weight excluding hydrogens is 208 g/mol. The number of fused-ring (bicyclic) bond motifs is 2. The summed E-state index contributed by atoms with van der Waals surface area (Å²) in [7, 11) is 2.23. The Morgan fingerprint density at radius 3 is 2.88 bits per heavy atom. The maximum absolute atomic E-state index is 4.16. The minimum atomic E-state index is 0.566. The lowest BCUT2D eigenvalue weighted by Gasteiger charge is -2.35. The van der Waals surface area contributed by atoms with Crippen molar-refractivity contribution in [1.82, 2.24) is 10.2 Å². The van der Waals surface area contributed by atoms with Crippen molar-refractivity contribution in [3.8, 4) is 0 Å². The van der Waals surface area contributed by atoms with Crippen LogP contribution in [0.4, 0.5) is 0 Å². The van der Waals surface area contributed by atoms with Crippen molar-refractivity contribution in [2.75, 3.05) is 13.6 Å². The zero-order valence-corrected chi connectivity index (χ0v) is 11.1. The van der Waals surface area contributed by atoms with Gasteiger partial charge < -0.3 is 5.32 Å². The molecule has 1 fully saturated rings. The summed E-state index contributed by atoms with van der Waals surface area (Å²) in [6.07, 6.45) is 6.83. The topological polar surface area (TPSA) is 15.3 Å². The number of hydrogen-bond acceptors (Lipinski definition) is 2. The van der Waals surface area contributed by atoms with E-state index < -0.39 is 0 Å². The number of rotatable bonds is 1. The highest BCUT2D eigenvalue weighted by atomic mass is 15.2. The molecule has 0 amide bonds. The Hall–Kier alpha value is -0.760. The van der Waals surface area contributed by atoms with E-state index in [0.29, 0.717) is 6.04 Å². The van der Waals surface area contributed by atoms with Gasteiger partial charge in [0, 0.05) is 30.2 Å². The smallest absolute Gasteiger partial charge is 0.0384 e. The lowest BCUT2D eigenvalue weighted by Crippen LogP contribution is -2.39. The second-order valence-electron chi connectivity index (χ2n) is 6.13. The second-order valence-corrected chi connectivity index (χ2v) is 6.13. The quantitative estimate of drug-likeness (QED) is 0.699. The molecule has 2 aliphatic heterocycles. The third kappa shape index (κ3) is 1.83. The summed E-state index contributed by atoms with van der Waals surface area (Å²) in [5, 5.41) is 3.79. The van der Waals surface area contributed by atoms with Crippen LogP contribution in [0.25, 0.3) is 0 Å². The monoisotopic (exact) mass is 232 g/mol. The van der Waals surface area contributed by atoms with E-state index in [2.05, 4.69) is 30.8 Å². The van der Waals surface area contributed by atoms with E-state index in [9.17, 15) is 0 Å². The van der Waals surface area contributed by atoms with Gasteiger partial charge >= 0.3 is 0 Å². The average molecular weight is 232 g/mol. The van der Waals surface area contributed by atoms with E-state index in [1.165, 1.54) is 37.7 Å². The number of hydrogen-bond donors (Lipinski definition) is 1. The van der Waals surface area contributed by atoms with Crippen molar-refractivity contribution in [1.29, 1.82) is 0 Å². The van der Waals surface area contributed by atoms with Crippen molar-refractivity contribution >= 4 is 0 Å².